The first kappa shape index (κ1) is 28.5. The topological polar surface area (TPSA) is 146 Å². The Morgan fingerprint density at radius 1 is 0.756 bits per heavy atom. The van der Waals surface area contributed by atoms with Gasteiger partial charge in [0.1, 0.15) is 0 Å². The van der Waals surface area contributed by atoms with Crippen LogP contribution in [0.15, 0.2) is 48.5 Å². The molecule has 45 heavy (non-hydrogen) atoms. The number of hydrogen-bond donors (Lipinski definition) is 1. The van der Waals surface area contributed by atoms with Crippen molar-refractivity contribution in [1.29, 1.82) is 0 Å². The van der Waals surface area contributed by atoms with E-state index in [1.54, 1.807) is 6.92 Å². The lowest BCUT2D eigenvalue weighted by Gasteiger charge is -2.44. The number of aromatic amines is 1. The first-order valence-corrected chi connectivity index (χ1v) is 14.5. The van der Waals surface area contributed by atoms with Gasteiger partial charge in [-0.3, -0.25) is 28.9 Å². The van der Waals surface area contributed by atoms with E-state index in [1.807, 2.05) is 53.1 Å². The number of carbonyl (C=O) groups excluding carboxylic acids is 5. The van der Waals surface area contributed by atoms with E-state index in [-0.39, 0.29) is 5.56 Å². The zero-order valence-electron chi connectivity index (χ0n) is 25.1. The number of benzene rings is 3. The summed E-state index contributed by atoms with van der Waals surface area (Å²) in [7, 11) is 1.46. The molecule has 3 aromatic carbocycles. The predicted octanol–water partition coefficient (Wildman–Crippen LogP) is 4.37. The Morgan fingerprint density at radius 3 is 1.98 bits per heavy atom. The van der Waals surface area contributed by atoms with Crippen LogP contribution in [-0.2, 0) is 33.3 Å². The molecule has 2 aliphatic heterocycles. The average Bonchev–Trinajstić information content (AvgIpc) is 3.60. The van der Waals surface area contributed by atoms with Gasteiger partial charge in [0.25, 0.3) is 11.8 Å². The third-order valence-electron chi connectivity index (χ3n) is 8.55. The highest BCUT2D eigenvalue weighted by molar-refractivity contribution is 6.39. The molecular weight excluding hydrogens is 582 g/mol. The van der Waals surface area contributed by atoms with Crippen LogP contribution in [0.4, 0.5) is 0 Å². The number of esters is 3. The van der Waals surface area contributed by atoms with Crippen LogP contribution in [0.1, 0.15) is 54.6 Å². The summed E-state index contributed by atoms with van der Waals surface area (Å²) in [5, 5.41) is 2.50. The minimum atomic E-state index is -1.28. The van der Waals surface area contributed by atoms with Crippen molar-refractivity contribution in [3.05, 3.63) is 59.7 Å². The van der Waals surface area contributed by atoms with Gasteiger partial charge in [0.2, 0.25) is 0 Å². The molecule has 4 heterocycles. The standard InChI is InChI=1S/C33H29N3O9/c1-14-28(43-15(2)37)29(44-16(3)38)30(45-17(4)39)33(42-14)36-21-13-9-7-11-19(21)23-25-24(31(40)35(5)32(25)41)22-18-10-6-8-12-20(18)34-26(22)27(23)36/h6-14,28-30,33-34H,1-5H3/t14-,28+,29+,30-,33+/m0/s1. The molecule has 0 bridgehead atoms. The molecule has 2 aromatic heterocycles. The Morgan fingerprint density at radius 2 is 1.31 bits per heavy atom. The number of H-pyrrole nitrogens is 1. The van der Waals surface area contributed by atoms with E-state index in [9.17, 15) is 24.0 Å². The van der Waals surface area contributed by atoms with Gasteiger partial charge in [0.15, 0.2) is 24.5 Å². The van der Waals surface area contributed by atoms with Crippen molar-refractivity contribution in [1.82, 2.24) is 14.5 Å². The van der Waals surface area contributed by atoms with Crippen LogP contribution in [0.2, 0.25) is 0 Å². The van der Waals surface area contributed by atoms with Crippen molar-refractivity contribution < 1.29 is 42.9 Å². The highest BCUT2D eigenvalue weighted by Gasteiger charge is 2.52. The van der Waals surface area contributed by atoms with Gasteiger partial charge in [-0.25, -0.2) is 0 Å². The largest absolute Gasteiger partial charge is 0.456 e. The number of nitrogens with one attached hydrogen (secondary N) is 1. The molecule has 230 valence electrons. The van der Waals surface area contributed by atoms with Gasteiger partial charge in [0.05, 0.1) is 33.8 Å². The summed E-state index contributed by atoms with van der Waals surface area (Å²) in [6.45, 7) is 5.32. The fraction of sp³-hybridized carbons (Fsp3) is 0.303. The minimum absolute atomic E-state index is 0.256. The molecule has 1 N–H and O–H groups in total. The smallest absolute Gasteiger partial charge is 0.303 e. The quantitative estimate of drug-likeness (QED) is 0.178. The fourth-order valence-corrected chi connectivity index (χ4v) is 6.91. The summed E-state index contributed by atoms with van der Waals surface area (Å²) in [5.41, 5.74) is 3.01. The Bertz CT molecular complexity index is 2130. The number of amides is 2. The third-order valence-corrected chi connectivity index (χ3v) is 8.55. The number of rotatable bonds is 4. The van der Waals surface area contributed by atoms with Crippen molar-refractivity contribution in [2.24, 2.45) is 0 Å². The second kappa shape index (κ2) is 10.2. The van der Waals surface area contributed by atoms with Gasteiger partial charge in [-0.2, -0.15) is 0 Å². The van der Waals surface area contributed by atoms with E-state index in [4.69, 9.17) is 18.9 Å². The average molecular weight is 612 g/mol. The minimum Gasteiger partial charge on any atom is -0.456 e. The van der Waals surface area contributed by atoms with Crippen molar-refractivity contribution >= 4 is 73.3 Å². The van der Waals surface area contributed by atoms with Crippen LogP contribution in [0.3, 0.4) is 0 Å². The molecule has 0 unspecified atom stereocenters. The normalized spacial score (nSPS) is 23.2. The van der Waals surface area contributed by atoms with Crippen molar-refractivity contribution in [3.8, 4) is 0 Å². The van der Waals surface area contributed by atoms with Crippen LogP contribution in [0.25, 0.3) is 43.6 Å². The van der Waals surface area contributed by atoms with Crippen LogP contribution in [-0.4, -0.2) is 75.6 Å². The second-order valence-electron chi connectivity index (χ2n) is 11.4. The van der Waals surface area contributed by atoms with Crippen LogP contribution >= 0.6 is 0 Å². The Labute approximate surface area is 255 Å². The van der Waals surface area contributed by atoms with Gasteiger partial charge in [0, 0.05) is 54.9 Å². The van der Waals surface area contributed by atoms with E-state index in [0.29, 0.717) is 38.3 Å². The summed E-state index contributed by atoms with van der Waals surface area (Å²) in [4.78, 5) is 69.1. The molecular formula is C33H29N3O9. The van der Waals surface area contributed by atoms with Crippen LogP contribution in [0.5, 0.6) is 0 Å². The van der Waals surface area contributed by atoms with E-state index >= 15 is 0 Å². The van der Waals surface area contributed by atoms with Crippen molar-refractivity contribution in [2.75, 3.05) is 7.05 Å². The Hall–Kier alpha value is -5.23. The molecule has 0 radical (unpaired) electrons. The summed E-state index contributed by atoms with van der Waals surface area (Å²) in [6, 6.07) is 14.8. The molecule has 12 heteroatoms. The van der Waals surface area contributed by atoms with Crippen molar-refractivity contribution in [3.63, 3.8) is 0 Å². The SMILES string of the molecule is CC(=O)O[C@@H]1[C@H](OC(C)=O)[C@H](C)O[C@@H](n2c3ccccc3c3c4c(c5c6ccccc6[nH]c5c32)C(=O)N(C)C4=O)[C@H]1OC(C)=O. The van der Waals surface area contributed by atoms with Crippen molar-refractivity contribution in [2.45, 2.75) is 58.3 Å². The molecule has 5 aromatic rings. The number of hydrogen-bond acceptors (Lipinski definition) is 9. The number of ether oxygens (including phenoxy) is 4. The molecule has 0 saturated carbocycles. The van der Waals surface area contributed by atoms with Gasteiger partial charge in [-0.1, -0.05) is 36.4 Å². The highest BCUT2D eigenvalue weighted by Crippen LogP contribution is 2.47. The number of carbonyl (C=O) groups is 5. The Balaban J connectivity index is 1.62. The molecule has 2 amide bonds. The van der Waals surface area contributed by atoms with E-state index in [1.165, 1.54) is 27.8 Å². The van der Waals surface area contributed by atoms with Gasteiger partial charge >= 0.3 is 17.9 Å². The molecule has 1 fully saturated rings. The number of para-hydroxylation sites is 2. The summed E-state index contributed by atoms with van der Waals surface area (Å²) >= 11 is 0. The number of nitrogens with zero attached hydrogens (tertiary/aromatic N) is 2. The maximum Gasteiger partial charge on any atom is 0.303 e. The molecule has 1 saturated heterocycles. The maximum absolute atomic E-state index is 13.8. The van der Waals surface area contributed by atoms with Crippen LogP contribution < -0.4 is 0 Å². The van der Waals surface area contributed by atoms with Crippen LogP contribution in [0, 0.1) is 0 Å². The summed E-state index contributed by atoms with van der Waals surface area (Å²) in [5.74, 6) is -2.85. The van der Waals surface area contributed by atoms with E-state index in [2.05, 4.69) is 4.98 Å². The van der Waals surface area contributed by atoms with E-state index < -0.39 is 60.4 Å². The summed E-state index contributed by atoms with van der Waals surface area (Å²) in [6.07, 6.45) is -5.56. The zero-order chi connectivity index (χ0) is 31.9. The molecule has 5 atom stereocenters. The molecule has 2 aliphatic rings. The predicted molar refractivity (Wildman–Crippen MR) is 161 cm³/mol. The highest BCUT2D eigenvalue weighted by atomic mass is 16.7. The third kappa shape index (κ3) is 4.12. The molecule has 0 aliphatic carbocycles. The lowest BCUT2D eigenvalue weighted by molar-refractivity contribution is -0.258. The lowest BCUT2D eigenvalue weighted by Crippen LogP contribution is -2.58. The molecule has 12 nitrogen and oxygen atoms in total. The molecule has 0 spiro atoms. The maximum atomic E-state index is 13.8. The monoisotopic (exact) mass is 611 g/mol. The molecule has 7 rings (SSSR count). The summed E-state index contributed by atoms with van der Waals surface area (Å²) < 4.78 is 25.4. The fourth-order valence-electron chi connectivity index (χ4n) is 6.91. The Kier molecular flexibility index (Phi) is 6.44. The lowest BCUT2D eigenvalue weighted by atomic mass is 9.96. The first-order chi connectivity index (χ1) is 21.5. The number of aromatic nitrogens is 2. The number of fused-ring (bicyclic) bond motifs is 10. The second-order valence-corrected chi connectivity index (χ2v) is 11.4. The van der Waals surface area contributed by atoms with E-state index in [0.717, 1.165) is 15.8 Å². The number of imide groups is 1. The van der Waals surface area contributed by atoms with Gasteiger partial charge in [-0.05, 0) is 19.1 Å². The van der Waals surface area contributed by atoms with Gasteiger partial charge < -0.3 is 28.5 Å². The van der Waals surface area contributed by atoms with Gasteiger partial charge in [-0.15, -0.1) is 0 Å². The first-order valence-electron chi connectivity index (χ1n) is 14.5. The zero-order valence-corrected chi connectivity index (χ0v) is 25.1.